The fourth-order valence-corrected chi connectivity index (χ4v) is 6.39. The number of nitrogens with one attached hydrogen (secondary N) is 1. The number of halogens is 1. The van der Waals surface area contributed by atoms with Crippen molar-refractivity contribution in [3.63, 3.8) is 0 Å². The van der Waals surface area contributed by atoms with Crippen LogP contribution in [-0.2, 0) is 39.0 Å². The number of carbonyl (C=O) groups excluding carboxylic acids is 2. The van der Waals surface area contributed by atoms with Gasteiger partial charge in [-0.25, -0.2) is 12.8 Å². The van der Waals surface area contributed by atoms with E-state index >= 15 is 4.39 Å². The molecule has 0 spiro atoms. The number of nitrogens with zero attached hydrogens (tertiary/aromatic N) is 2. The topological polar surface area (TPSA) is 86.8 Å². The highest BCUT2D eigenvalue weighted by molar-refractivity contribution is 7.92. The molecule has 2 amide bonds. The van der Waals surface area contributed by atoms with Gasteiger partial charge in [0.05, 0.1) is 10.6 Å². The van der Waals surface area contributed by atoms with Crippen molar-refractivity contribution < 1.29 is 22.4 Å². The van der Waals surface area contributed by atoms with E-state index in [0.29, 0.717) is 12.1 Å². The normalized spacial score (nSPS) is 12.6. The quantitative estimate of drug-likeness (QED) is 0.182. The molecule has 0 aliphatic carbocycles. The number of carbonyl (C=O) groups is 2. The summed E-state index contributed by atoms with van der Waals surface area (Å²) in [5.41, 5.74) is 2.33. The third-order valence-electron chi connectivity index (χ3n) is 7.81. The molecule has 0 aliphatic rings. The fourth-order valence-electron chi connectivity index (χ4n) is 4.95. The largest absolute Gasteiger partial charge is 0.352 e. The molecular weight excluding hydrogens is 589 g/mol. The van der Waals surface area contributed by atoms with Gasteiger partial charge in [0.25, 0.3) is 10.0 Å². The third kappa shape index (κ3) is 8.57. The molecule has 0 saturated carbocycles. The highest BCUT2D eigenvalue weighted by Gasteiger charge is 2.35. The first-order valence-corrected chi connectivity index (χ1v) is 16.6. The molecule has 45 heavy (non-hydrogen) atoms. The number of benzene rings is 4. The molecule has 9 heteroatoms. The Kier molecular flexibility index (Phi) is 11.5. The summed E-state index contributed by atoms with van der Waals surface area (Å²) in [6.07, 6.45) is 1.58. The minimum absolute atomic E-state index is 0.0216. The Balaban J connectivity index is 1.81. The molecular formula is C36H40FN3O4S. The zero-order valence-corrected chi connectivity index (χ0v) is 26.7. The van der Waals surface area contributed by atoms with Crippen LogP contribution in [0.25, 0.3) is 0 Å². The second-order valence-corrected chi connectivity index (χ2v) is 12.8. The lowest BCUT2D eigenvalue weighted by atomic mass is 10.0. The van der Waals surface area contributed by atoms with Gasteiger partial charge < -0.3 is 10.2 Å². The van der Waals surface area contributed by atoms with Crippen LogP contribution < -0.4 is 9.62 Å². The van der Waals surface area contributed by atoms with Crippen LogP contribution >= 0.6 is 0 Å². The Labute approximate surface area is 265 Å². The van der Waals surface area contributed by atoms with Gasteiger partial charge in [-0.05, 0) is 61.2 Å². The second-order valence-electron chi connectivity index (χ2n) is 11.0. The van der Waals surface area contributed by atoms with Gasteiger partial charge >= 0.3 is 0 Å². The van der Waals surface area contributed by atoms with Crippen LogP contribution in [0.1, 0.15) is 43.9 Å². The second kappa shape index (κ2) is 15.5. The van der Waals surface area contributed by atoms with Crippen LogP contribution in [0.4, 0.5) is 10.1 Å². The first kappa shape index (κ1) is 33.4. The molecule has 0 aliphatic heterocycles. The number of sulfonamides is 1. The summed E-state index contributed by atoms with van der Waals surface area (Å²) in [7, 11) is -4.20. The average molecular weight is 630 g/mol. The predicted molar refractivity (Wildman–Crippen MR) is 176 cm³/mol. The van der Waals surface area contributed by atoms with Crippen molar-refractivity contribution in [3.8, 4) is 0 Å². The molecule has 4 aromatic carbocycles. The van der Waals surface area contributed by atoms with Crippen molar-refractivity contribution in [3.05, 3.63) is 132 Å². The average Bonchev–Trinajstić information content (AvgIpc) is 3.06. The molecule has 1 N–H and O–H groups in total. The number of hydrogen-bond acceptors (Lipinski definition) is 4. The third-order valence-corrected chi connectivity index (χ3v) is 9.60. The molecule has 0 radical (unpaired) electrons. The van der Waals surface area contributed by atoms with Crippen LogP contribution in [-0.4, -0.2) is 43.8 Å². The van der Waals surface area contributed by atoms with E-state index in [9.17, 15) is 18.0 Å². The summed E-state index contributed by atoms with van der Waals surface area (Å²) in [5, 5.41) is 2.98. The van der Waals surface area contributed by atoms with Gasteiger partial charge in [-0.1, -0.05) is 92.7 Å². The Morgan fingerprint density at radius 3 is 2.00 bits per heavy atom. The number of anilines is 1. The van der Waals surface area contributed by atoms with Crippen molar-refractivity contribution in [2.75, 3.05) is 10.8 Å². The zero-order valence-electron chi connectivity index (χ0n) is 25.9. The van der Waals surface area contributed by atoms with Crippen LogP contribution in [0.15, 0.2) is 114 Å². The van der Waals surface area contributed by atoms with E-state index < -0.39 is 40.2 Å². The van der Waals surface area contributed by atoms with E-state index in [1.165, 1.54) is 23.1 Å². The first-order valence-electron chi connectivity index (χ1n) is 15.2. The van der Waals surface area contributed by atoms with Crippen LogP contribution in [0.2, 0.25) is 0 Å². The summed E-state index contributed by atoms with van der Waals surface area (Å²) < 4.78 is 44.2. The van der Waals surface area contributed by atoms with Gasteiger partial charge in [0.2, 0.25) is 11.8 Å². The molecule has 2 atom stereocenters. The lowest BCUT2D eigenvalue weighted by molar-refractivity contribution is -0.140. The molecule has 0 heterocycles. The predicted octanol–water partition coefficient (Wildman–Crippen LogP) is 6.14. The van der Waals surface area contributed by atoms with Crippen molar-refractivity contribution in [1.82, 2.24) is 10.2 Å². The van der Waals surface area contributed by atoms with Crippen LogP contribution in [0.5, 0.6) is 0 Å². The van der Waals surface area contributed by atoms with Crippen molar-refractivity contribution in [1.29, 1.82) is 0 Å². The maximum atomic E-state index is 15.0. The number of amides is 2. The van der Waals surface area contributed by atoms with Gasteiger partial charge in [-0.2, -0.15) is 0 Å². The molecule has 236 valence electrons. The highest BCUT2D eigenvalue weighted by Crippen LogP contribution is 2.26. The molecule has 4 rings (SSSR count). The maximum absolute atomic E-state index is 15.0. The van der Waals surface area contributed by atoms with Gasteiger partial charge in [0.1, 0.15) is 18.4 Å². The summed E-state index contributed by atoms with van der Waals surface area (Å²) in [6, 6.07) is 29.0. The van der Waals surface area contributed by atoms with Gasteiger partial charge in [-0.15, -0.1) is 0 Å². The summed E-state index contributed by atoms with van der Waals surface area (Å²) >= 11 is 0. The molecule has 0 unspecified atom stereocenters. The maximum Gasteiger partial charge on any atom is 0.264 e. The van der Waals surface area contributed by atoms with Crippen molar-refractivity contribution >= 4 is 27.5 Å². The Bertz CT molecular complexity index is 1670. The minimum atomic E-state index is -4.20. The van der Waals surface area contributed by atoms with Gasteiger partial charge in [0, 0.05) is 24.6 Å². The van der Waals surface area contributed by atoms with E-state index in [-0.39, 0.29) is 29.5 Å². The van der Waals surface area contributed by atoms with E-state index in [2.05, 4.69) is 5.32 Å². The molecule has 7 nitrogen and oxygen atoms in total. The smallest absolute Gasteiger partial charge is 0.264 e. The highest BCUT2D eigenvalue weighted by atomic mass is 32.2. The van der Waals surface area contributed by atoms with Crippen LogP contribution in [0.3, 0.4) is 0 Å². The summed E-state index contributed by atoms with van der Waals surface area (Å²) in [5.74, 6) is -1.57. The Hall–Kier alpha value is -4.50. The Morgan fingerprint density at radius 1 is 0.800 bits per heavy atom. The SMILES string of the molecule is CCc1ccc(N(CC(=O)N(Cc2ccccc2F)[C@H](Cc2ccccc2)C(=O)N[C@H](C)CC)S(=O)(=O)c2ccccc2)cc1. The monoisotopic (exact) mass is 629 g/mol. The van der Waals surface area contributed by atoms with E-state index in [1.54, 1.807) is 48.5 Å². The molecule has 0 aromatic heterocycles. The number of aryl methyl sites for hydroxylation is 1. The molecule has 4 aromatic rings. The summed E-state index contributed by atoms with van der Waals surface area (Å²) in [4.78, 5) is 29.6. The zero-order chi connectivity index (χ0) is 32.4. The molecule has 0 fully saturated rings. The van der Waals surface area contributed by atoms with E-state index in [4.69, 9.17) is 0 Å². The van der Waals surface area contributed by atoms with Gasteiger partial charge in [0.15, 0.2) is 0 Å². The first-order chi connectivity index (χ1) is 21.6. The van der Waals surface area contributed by atoms with Crippen molar-refractivity contribution in [2.45, 2.75) is 63.6 Å². The number of hydrogen-bond donors (Lipinski definition) is 1. The standard InChI is InChI=1S/C36H40FN3O4S/c1-4-27(3)38-36(42)34(24-29-14-8-6-9-15-29)39(25-30-16-12-13-19-33(30)37)35(41)26-40(31-22-20-28(5-2)21-23-31)45(43,44)32-17-10-7-11-18-32/h6-23,27,34H,4-5,24-26H2,1-3H3,(H,38,42)/t27-,34-/m1/s1. The summed E-state index contributed by atoms with van der Waals surface area (Å²) in [6.45, 7) is 4.98. The molecule has 0 bridgehead atoms. The lowest BCUT2D eigenvalue weighted by Crippen LogP contribution is -2.54. The Morgan fingerprint density at radius 2 is 1.40 bits per heavy atom. The minimum Gasteiger partial charge on any atom is -0.352 e. The molecule has 0 saturated heterocycles. The van der Waals surface area contributed by atoms with Crippen LogP contribution in [0, 0.1) is 5.82 Å². The lowest BCUT2D eigenvalue weighted by Gasteiger charge is -2.34. The fraction of sp³-hybridized carbons (Fsp3) is 0.278. The number of rotatable bonds is 14. The van der Waals surface area contributed by atoms with Crippen molar-refractivity contribution in [2.24, 2.45) is 0 Å². The van der Waals surface area contributed by atoms with Gasteiger partial charge in [-0.3, -0.25) is 13.9 Å². The van der Waals surface area contributed by atoms with E-state index in [1.807, 2.05) is 63.2 Å². The van der Waals surface area contributed by atoms with E-state index in [0.717, 1.165) is 21.9 Å².